The fourth-order valence-electron chi connectivity index (χ4n) is 4.32. The summed E-state index contributed by atoms with van der Waals surface area (Å²) in [7, 11) is -2.27. The number of carbonyl (C=O) groups is 3. The molecule has 0 spiro atoms. The van der Waals surface area contributed by atoms with E-state index in [1.165, 1.54) is 30.1 Å². The van der Waals surface area contributed by atoms with E-state index in [1.54, 1.807) is 35.2 Å². The molecule has 1 aromatic heterocycles. The van der Waals surface area contributed by atoms with Gasteiger partial charge in [-0.3, -0.25) is 9.59 Å². The molecule has 1 N–H and O–H groups in total. The summed E-state index contributed by atoms with van der Waals surface area (Å²) in [6, 6.07) is 8.43. The molecule has 0 saturated heterocycles. The van der Waals surface area contributed by atoms with Crippen molar-refractivity contribution in [3.05, 3.63) is 86.1 Å². The van der Waals surface area contributed by atoms with Crippen LogP contribution in [0.15, 0.2) is 53.7 Å². The average molecular weight is 613 g/mol. The number of rotatable bonds is 7. The minimum absolute atomic E-state index is 0.00667. The summed E-state index contributed by atoms with van der Waals surface area (Å²) < 4.78 is 29.9. The number of nitrogens with zero attached hydrogens (tertiary/aromatic N) is 2. The first-order valence-corrected chi connectivity index (χ1v) is 14.7. The Labute approximate surface area is 240 Å². The zero-order valence-electron chi connectivity index (χ0n) is 20.9. The van der Waals surface area contributed by atoms with Gasteiger partial charge in [0.2, 0.25) is 0 Å². The Morgan fingerprint density at radius 2 is 1.79 bits per heavy atom. The van der Waals surface area contributed by atoms with E-state index in [2.05, 4.69) is 5.32 Å². The van der Waals surface area contributed by atoms with Gasteiger partial charge in [0.1, 0.15) is 6.04 Å². The molecular weight excluding hydrogens is 589 g/mol. The number of ether oxygens (including phenoxy) is 1. The quantitative estimate of drug-likeness (QED) is 0.403. The summed E-state index contributed by atoms with van der Waals surface area (Å²) in [5.74, 6) is -1.60. The molecule has 13 heteroatoms. The standard InChI is InChI=1S/C26H24Cl3N3O6S/c1-38-26(35)21(14-31-9-7-18(13-31)39(2,36)37)30-24(33)22-20(28)11-16-12-32(10-8-19(16)23(22)29)25(34)15-3-5-17(27)6-4-15/h3-7,9,11,13,21H,8,10,12,14H2,1-2H3,(H,30,33). The third kappa shape index (κ3) is 6.41. The van der Waals surface area contributed by atoms with Gasteiger partial charge in [-0.2, -0.15) is 0 Å². The Morgan fingerprint density at radius 1 is 1.10 bits per heavy atom. The zero-order valence-corrected chi connectivity index (χ0v) is 24.0. The van der Waals surface area contributed by atoms with Crippen molar-refractivity contribution in [3.63, 3.8) is 0 Å². The fourth-order valence-corrected chi connectivity index (χ4v) is 5.85. The van der Waals surface area contributed by atoms with Crippen molar-refractivity contribution in [1.82, 2.24) is 14.8 Å². The molecular formula is C26H24Cl3N3O6S. The van der Waals surface area contributed by atoms with Crippen LogP contribution in [-0.4, -0.2) is 61.6 Å². The normalized spacial score (nSPS) is 13.9. The van der Waals surface area contributed by atoms with Crippen molar-refractivity contribution < 1.29 is 27.5 Å². The Hall–Kier alpha value is -3.05. The van der Waals surface area contributed by atoms with Gasteiger partial charge in [-0.1, -0.05) is 34.8 Å². The van der Waals surface area contributed by atoms with Crippen LogP contribution in [0.25, 0.3) is 0 Å². The van der Waals surface area contributed by atoms with Gasteiger partial charge in [-0.25, -0.2) is 13.2 Å². The first-order valence-electron chi connectivity index (χ1n) is 11.7. The maximum atomic E-state index is 13.3. The molecule has 0 bridgehead atoms. The second kappa shape index (κ2) is 11.6. The minimum atomic E-state index is -3.45. The van der Waals surface area contributed by atoms with Crippen LogP contribution in [0.2, 0.25) is 15.1 Å². The number of halogens is 3. The van der Waals surface area contributed by atoms with Gasteiger partial charge < -0.3 is 19.5 Å². The van der Waals surface area contributed by atoms with Crippen molar-refractivity contribution in [2.45, 2.75) is 30.4 Å². The van der Waals surface area contributed by atoms with Gasteiger partial charge in [-0.05, 0) is 53.9 Å². The van der Waals surface area contributed by atoms with Crippen molar-refractivity contribution in [1.29, 1.82) is 0 Å². The summed E-state index contributed by atoms with van der Waals surface area (Å²) in [6.07, 6.45) is 4.30. The number of methoxy groups -OCH3 is 1. The molecule has 0 radical (unpaired) electrons. The Kier molecular flexibility index (Phi) is 8.60. The summed E-state index contributed by atoms with van der Waals surface area (Å²) in [4.78, 5) is 40.4. The predicted octanol–water partition coefficient (Wildman–Crippen LogP) is 4.02. The van der Waals surface area contributed by atoms with Gasteiger partial charge >= 0.3 is 5.97 Å². The number of fused-ring (bicyclic) bond motifs is 1. The predicted molar refractivity (Wildman–Crippen MR) is 147 cm³/mol. The molecule has 9 nitrogen and oxygen atoms in total. The first kappa shape index (κ1) is 28.9. The number of hydrogen-bond donors (Lipinski definition) is 1. The number of hydrogen-bond acceptors (Lipinski definition) is 6. The largest absolute Gasteiger partial charge is 0.467 e. The third-order valence-electron chi connectivity index (χ3n) is 6.35. The molecule has 1 atom stereocenters. The summed E-state index contributed by atoms with van der Waals surface area (Å²) in [5, 5.41) is 3.32. The van der Waals surface area contributed by atoms with Crippen LogP contribution in [0.3, 0.4) is 0 Å². The summed E-state index contributed by atoms with van der Waals surface area (Å²) in [6.45, 7) is 0.535. The molecule has 0 saturated carbocycles. The summed E-state index contributed by atoms with van der Waals surface area (Å²) in [5.41, 5.74) is 1.88. The highest BCUT2D eigenvalue weighted by molar-refractivity contribution is 7.90. The van der Waals surface area contributed by atoms with Crippen LogP contribution >= 0.6 is 34.8 Å². The Balaban J connectivity index is 1.54. The number of amides is 2. The van der Waals surface area contributed by atoms with Crippen LogP contribution in [0, 0.1) is 0 Å². The topological polar surface area (TPSA) is 115 Å². The van der Waals surface area contributed by atoms with E-state index in [4.69, 9.17) is 39.5 Å². The van der Waals surface area contributed by atoms with Crippen molar-refractivity contribution in [2.24, 2.45) is 0 Å². The minimum Gasteiger partial charge on any atom is -0.467 e. The lowest BCUT2D eigenvalue weighted by Gasteiger charge is -2.30. The lowest BCUT2D eigenvalue weighted by molar-refractivity contribution is -0.143. The second-order valence-electron chi connectivity index (χ2n) is 9.03. The molecule has 1 aliphatic heterocycles. The van der Waals surface area contributed by atoms with E-state index < -0.39 is 27.8 Å². The van der Waals surface area contributed by atoms with Gasteiger partial charge in [-0.15, -0.1) is 0 Å². The van der Waals surface area contributed by atoms with Crippen LogP contribution in [-0.2, 0) is 38.9 Å². The number of nitrogens with one attached hydrogen (secondary N) is 1. The highest BCUT2D eigenvalue weighted by Crippen LogP contribution is 2.35. The van der Waals surface area contributed by atoms with Crippen LogP contribution in [0.1, 0.15) is 31.8 Å². The SMILES string of the molecule is COC(=O)C(Cn1ccc(S(C)(=O)=O)c1)NC(=O)c1c(Cl)cc2c(c1Cl)CCN(C(=O)c1ccc(Cl)cc1)C2. The highest BCUT2D eigenvalue weighted by atomic mass is 35.5. The lowest BCUT2D eigenvalue weighted by atomic mass is 9.96. The molecule has 3 aromatic rings. The molecule has 0 aliphatic carbocycles. The second-order valence-corrected chi connectivity index (χ2v) is 12.3. The van der Waals surface area contributed by atoms with E-state index in [0.717, 1.165) is 6.26 Å². The van der Waals surface area contributed by atoms with Gasteiger partial charge in [0.05, 0.1) is 34.2 Å². The first-order chi connectivity index (χ1) is 18.4. The van der Waals surface area contributed by atoms with E-state index in [-0.39, 0.29) is 39.5 Å². The number of benzene rings is 2. The van der Waals surface area contributed by atoms with Crippen LogP contribution in [0.4, 0.5) is 0 Å². The van der Waals surface area contributed by atoms with E-state index in [9.17, 15) is 22.8 Å². The molecule has 1 aliphatic rings. The number of esters is 1. The summed E-state index contributed by atoms with van der Waals surface area (Å²) >= 11 is 19.1. The Morgan fingerprint density at radius 3 is 2.41 bits per heavy atom. The van der Waals surface area contributed by atoms with Crippen molar-refractivity contribution >= 4 is 62.4 Å². The molecule has 0 fully saturated rings. The highest BCUT2D eigenvalue weighted by Gasteiger charge is 2.30. The van der Waals surface area contributed by atoms with Crippen molar-refractivity contribution in [2.75, 3.05) is 19.9 Å². The van der Waals surface area contributed by atoms with Gasteiger partial charge in [0, 0.05) is 42.3 Å². The third-order valence-corrected chi connectivity index (χ3v) is 8.41. The number of aromatic nitrogens is 1. The van der Waals surface area contributed by atoms with Crippen molar-refractivity contribution in [3.8, 4) is 0 Å². The average Bonchev–Trinajstić information content (AvgIpc) is 3.37. The monoisotopic (exact) mass is 611 g/mol. The Bertz CT molecular complexity index is 1550. The molecule has 206 valence electrons. The molecule has 2 heterocycles. The van der Waals surface area contributed by atoms with E-state index >= 15 is 0 Å². The zero-order chi connectivity index (χ0) is 28.5. The smallest absolute Gasteiger partial charge is 0.330 e. The van der Waals surface area contributed by atoms with Crippen LogP contribution < -0.4 is 5.32 Å². The molecule has 2 amide bonds. The molecule has 39 heavy (non-hydrogen) atoms. The number of sulfone groups is 1. The van der Waals surface area contributed by atoms with E-state index in [1.807, 2.05) is 0 Å². The molecule has 4 rings (SSSR count). The fraction of sp³-hybridized carbons (Fsp3) is 0.269. The van der Waals surface area contributed by atoms with Gasteiger partial charge in [0.25, 0.3) is 11.8 Å². The lowest BCUT2D eigenvalue weighted by Crippen LogP contribution is -2.44. The maximum Gasteiger partial charge on any atom is 0.330 e. The number of carbonyl (C=O) groups excluding carboxylic acids is 3. The van der Waals surface area contributed by atoms with Gasteiger partial charge in [0.15, 0.2) is 9.84 Å². The molecule has 1 unspecified atom stereocenters. The molecule has 2 aromatic carbocycles. The maximum absolute atomic E-state index is 13.3. The van der Waals surface area contributed by atoms with E-state index in [0.29, 0.717) is 34.7 Å². The van der Waals surface area contributed by atoms with Crippen LogP contribution in [0.5, 0.6) is 0 Å².